The molecule has 0 saturated heterocycles. The first-order valence-electron chi connectivity index (χ1n) is 9.31. The Labute approximate surface area is 179 Å². The molecule has 5 N–H and O–H groups in total. The van der Waals surface area contributed by atoms with Crippen molar-refractivity contribution in [1.82, 2.24) is 20.3 Å². The summed E-state index contributed by atoms with van der Waals surface area (Å²) < 4.78 is 6.80. The monoisotopic (exact) mass is 423 g/mol. The number of ether oxygens (including phenoxy) is 1. The number of amides is 1. The van der Waals surface area contributed by atoms with E-state index in [2.05, 4.69) is 25.7 Å². The predicted octanol–water partition coefficient (Wildman–Crippen LogP) is 4.08. The summed E-state index contributed by atoms with van der Waals surface area (Å²) in [6, 6.07) is 14.0. The number of hydrogen-bond donors (Lipinski definition) is 3. The zero-order valence-corrected chi connectivity index (χ0v) is 17.6. The SMILES string of the molecule is CC(C)(C)OC(=O)NCc1cnnn1-c1cccc(N)c1.[N-]=[N+]=Nc1cccc(N)c1. The van der Waals surface area contributed by atoms with Gasteiger partial charge in [-0.1, -0.05) is 28.5 Å². The summed E-state index contributed by atoms with van der Waals surface area (Å²) in [5.41, 5.74) is 22.0. The molecule has 1 aromatic heterocycles. The molecule has 0 aliphatic carbocycles. The number of anilines is 2. The number of hydrogen-bond acceptors (Lipinski definition) is 7. The number of carbonyl (C=O) groups is 1. The highest BCUT2D eigenvalue weighted by molar-refractivity contribution is 5.67. The van der Waals surface area contributed by atoms with Crippen molar-refractivity contribution in [2.24, 2.45) is 5.11 Å². The van der Waals surface area contributed by atoms with Gasteiger partial charge in [0, 0.05) is 22.0 Å². The van der Waals surface area contributed by atoms with Crippen LogP contribution in [0.5, 0.6) is 0 Å². The van der Waals surface area contributed by atoms with E-state index < -0.39 is 11.7 Å². The van der Waals surface area contributed by atoms with Crippen molar-refractivity contribution in [3.05, 3.63) is 70.9 Å². The van der Waals surface area contributed by atoms with Gasteiger partial charge < -0.3 is 21.5 Å². The number of rotatable bonds is 4. The summed E-state index contributed by atoms with van der Waals surface area (Å²) >= 11 is 0. The van der Waals surface area contributed by atoms with Gasteiger partial charge in [0.25, 0.3) is 0 Å². The average molecular weight is 423 g/mol. The minimum absolute atomic E-state index is 0.261. The second-order valence-corrected chi connectivity index (χ2v) is 7.37. The van der Waals surface area contributed by atoms with Crippen molar-refractivity contribution in [3.63, 3.8) is 0 Å². The van der Waals surface area contributed by atoms with E-state index in [-0.39, 0.29) is 6.54 Å². The molecule has 0 bridgehead atoms. The molecule has 0 radical (unpaired) electrons. The summed E-state index contributed by atoms with van der Waals surface area (Å²) in [5.74, 6) is 0. The number of aromatic nitrogens is 3. The summed E-state index contributed by atoms with van der Waals surface area (Å²) in [6.45, 7) is 5.69. The van der Waals surface area contributed by atoms with Crippen molar-refractivity contribution >= 4 is 23.2 Å². The first-order chi connectivity index (χ1) is 14.7. The first-order valence-corrected chi connectivity index (χ1v) is 9.31. The molecule has 0 spiro atoms. The quantitative estimate of drug-likeness (QED) is 0.247. The van der Waals surface area contributed by atoms with Gasteiger partial charge in [0.15, 0.2) is 0 Å². The fourth-order valence-electron chi connectivity index (χ4n) is 2.37. The Hall–Kier alpha value is -4.24. The number of nitrogens with zero attached hydrogens (tertiary/aromatic N) is 6. The predicted molar refractivity (Wildman–Crippen MR) is 119 cm³/mol. The molecule has 0 atom stereocenters. The topological polar surface area (TPSA) is 170 Å². The van der Waals surface area contributed by atoms with Gasteiger partial charge in [0.05, 0.1) is 24.1 Å². The summed E-state index contributed by atoms with van der Waals surface area (Å²) in [7, 11) is 0. The Morgan fingerprint density at radius 2 is 1.87 bits per heavy atom. The minimum atomic E-state index is -0.531. The second kappa shape index (κ2) is 10.5. The molecule has 2 aromatic carbocycles. The van der Waals surface area contributed by atoms with E-state index in [9.17, 15) is 4.79 Å². The van der Waals surface area contributed by atoms with Gasteiger partial charge in [-0.2, -0.15) is 0 Å². The van der Waals surface area contributed by atoms with Crippen LogP contribution in [0, 0.1) is 0 Å². The largest absolute Gasteiger partial charge is 0.444 e. The van der Waals surface area contributed by atoms with Gasteiger partial charge in [-0.15, -0.1) is 5.10 Å². The van der Waals surface area contributed by atoms with Crippen molar-refractivity contribution in [2.45, 2.75) is 32.9 Å². The van der Waals surface area contributed by atoms with Gasteiger partial charge in [0.1, 0.15) is 5.60 Å². The third-order valence-corrected chi connectivity index (χ3v) is 3.58. The molecule has 1 amide bonds. The Kier molecular flexibility index (Phi) is 7.81. The highest BCUT2D eigenvalue weighted by Gasteiger charge is 2.16. The number of carbonyl (C=O) groups excluding carboxylic acids is 1. The summed E-state index contributed by atoms with van der Waals surface area (Å²) in [5, 5.41) is 13.9. The fraction of sp³-hybridized carbons (Fsp3) is 0.250. The van der Waals surface area contributed by atoms with E-state index in [0.29, 0.717) is 17.1 Å². The number of azide groups is 1. The van der Waals surface area contributed by atoms with Gasteiger partial charge in [-0.05, 0) is 56.6 Å². The average Bonchev–Trinajstić information content (AvgIpc) is 3.15. The van der Waals surface area contributed by atoms with Gasteiger partial charge in [-0.3, -0.25) is 0 Å². The van der Waals surface area contributed by atoms with Crippen LogP contribution in [0.3, 0.4) is 0 Å². The molecular formula is C20H25N9O2. The normalized spacial score (nSPS) is 10.3. The van der Waals surface area contributed by atoms with Crippen LogP contribution < -0.4 is 16.8 Å². The maximum absolute atomic E-state index is 11.7. The molecule has 1 heterocycles. The fourth-order valence-corrected chi connectivity index (χ4v) is 2.37. The molecule has 0 fully saturated rings. The molecular weight excluding hydrogens is 398 g/mol. The van der Waals surface area contributed by atoms with Gasteiger partial charge >= 0.3 is 6.09 Å². The lowest BCUT2D eigenvalue weighted by atomic mass is 10.2. The first kappa shape index (κ1) is 23.0. The van der Waals surface area contributed by atoms with E-state index >= 15 is 0 Å². The molecule has 3 rings (SSSR count). The Balaban J connectivity index is 0.000000285. The maximum Gasteiger partial charge on any atom is 0.407 e. The number of benzene rings is 2. The van der Waals surface area contributed by atoms with E-state index in [1.165, 1.54) is 0 Å². The highest BCUT2D eigenvalue weighted by atomic mass is 16.6. The van der Waals surface area contributed by atoms with Crippen molar-refractivity contribution in [1.29, 1.82) is 0 Å². The van der Waals surface area contributed by atoms with E-state index in [1.807, 2.05) is 32.9 Å². The number of nitrogen functional groups attached to an aromatic ring is 2. The third-order valence-electron chi connectivity index (χ3n) is 3.58. The number of alkyl carbamates (subject to hydrolysis) is 1. The van der Waals surface area contributed by atoms with Crippen LogP contribution in [0.15, 0.2) is 59.8 Å². The van der Waals surface area contributed by atoms with E-state index in [1.54, 1.807) is 47.3 Å². The van der Waals surface area contributed by atoms with E-state index in [4.69, 9.17) is 21.7 Å². The van der Waals surface area contributed by atoms with Crippen LogP contribution in [-0.2, 0) is 11.3 Å². The molecule has 0 saturated carbocycles. The van der Waals surface area contributed by atoms with E-state index in [0.717, 1.165) is 11.4 Å². The van der Waals surface area contributed by atoms with Crippen LogP contribution in [0.25, 0.3) is 16.1 Å². The zero-order chi connectivity index (χ0) is 22.9. The Morgan fingerprint density at radius 3 is 2.48 bits per heavy atom. The van der Waals surface area contributed by atoms with Crippen molar-refractivity contribution in [3.8, 4) is 5.69 Å². The molecule has 3 aromatic rings. The Bertz CT molecular complexity index is 1070. The second-order valence-electron chi connectivity index (χ2n) is 7.37. The van der Waals surface area contributed by atoms with Crippen LogP contribution in [0.1, 0.15) is 26.5 Å². The molecule has 162 valence electrons. The lowest BCUT2D eigenvalue weighted by Gasteiger charge is -2.19. The van der Waals surface area contributed by atoms with Crippen molar-refractivity contribution < 1.29 is 9.53 Å². The molecule has 0 aliphatic heterocycles. The Morgan fingerprint density at radius 1 is 1.19 bits per heavy atom. The van der Waals surface area contributed by atoms with Gasteiger partial charge in [0.2, 0.25) is 0 Å². The summed E-state index contributed by atoms with van der Waals surface area (Å²) in [4.78, 5) is 14.3. The lowest BCUT2D eigenvalue weighted by molar-refractivity contribution is 0.0522. The van der Waals surface area contributed by atoms with Crippen LogP contribution in [0.2, 0.25) is 0 Å². The third kappa shape index (κ3) is 7.95. The van der Waals surface area contributed by atoms with Crippen molar-refractivity contribution in [2.75, 3.05) is 11.5 Å². The maximum atomic E-state index is 11.7. The van der Waals surface area contributed by atoms with Crippen LogP contribution >= 0.6 is 0 Å². The molecule has 0 aliphatic rings. The van der Waals surface area contributed by atoms with Gasteiger partial charge in [-0.25, -0.2) is 9.48 Å². The molecule has 31 heavy (non-hydrogen) atoms. The molecule has 11 heteroatoms. The highest BCUT2D eigenvalue weighted by Crippen LogP contribution is 2.15. The molecule has 11 nitrogen and oxygen atoms in total. The minimum Gasteiger partial charge on any atom is -0.444 e. The lowest BCUT2D eigenvalue weighted by Crippen LogP contribution is -2.32. The van der Waals surface area contributed by atoms with Crippen LogP contribution in [-0.4, -0.2) is 26.7 Å². The number of nitrogens with one attached hydrogen (secondary N) is 1. The molecule has 0 unspecified atom stereocenters. The number of nitrogens with two attached hydrogens (primary N) is 2. The smallest absolute Gasteiger partial charge is 0.407 e. The van der Waals surface area contributed by atoms with Crippen LogP contribution in [0.4, 0.5) is 21.9 Å². The zero-order valence-electron chi connectivity index (χ0n) is 17.6. The summed E-state index contributed by atoms with van der Waals surface area (Å²) in [6.07, 6.45) is 1.10. The standard InChI is InChI=1S/C14H19N5O2.C6H6N4/c1-14(2,3)21-13(20)16-8-12-9-17-18-19(12)11-6-4-5-10(15)7-11;7-5-2-1-3-6(4-5)9-10-8/h4-7,9H,8,15H2,1-3H3,(H,16,20);1-4H,7H2.